The van der Waals surface area contributed by atoms with Gasteiger partial charge in [-0.3, -0.25) is 0 Å². The van der Waals surface area contributed by atoms with E-state index in [1.807, 2.05) is 18.2 Å². The highest BCUT2D eigenvalue weighted by molar-refractivity contribution is 6.33. The minimum Gasteiger partial charge on any atom is -0.0837 e. The predicted octanol–water partition coefficient (Wildman–Crippen LogP) is 8.49. The summed E-state index contributed by atoms with van der Waals surface area (Å²) in [6.45, 7) is 0. The van der Waals surface area contributed by atoms with Crippen molar-refractivity contribution in [2.45, 2.75) is 0 Å². The molecule has 0 aliphatic rings. The van der Waals surface area contributed by atoms with E-state index in [-0.39, 0.29) is 0 Å². The van der Waals surface area contributed by atoms with Crippen LogP contribution < -0.4 is 0 Å². The van der Waals surface area contributed by atoms with Crippen molar-refractivity contribution in [1.82, 2.24) is 0 Å². The summed E-state index contributed by atoms with van der Waals surface area (Å²) in [6.07, 6.45) is 0. The van der Waals surface area contributed by atoms with Crippen molar-refractivity contribution in [2.24, 2.45) is 0 Å². The highest BCUT2D eigenvalue weighted by atomic mass is 35.5. The molecule has 0 nitrogen and oxygen atoms in total. The summed E-state index contributed by atoms with van der Waals surface area (Å²) in [5.41, 5.74) is 7.03. The molecule has 0 radical (unpaired) electrons. The van der Waals surface area contributed by atoms with Gasteiger partial charge < -0.3 is 0 Å². The van der Waals surface area contributed by atoms with Crippen LogP contribution in [0.5, 0.6) is 0 Å². The molecular weight excluding hydrogens is 372 g/mol. The molecule has 0 saturated carbocycles. The van der Waals surface area contributed by atoms with Gasteiger partial charge in [-0.05, 0) is 56.8 Å². The zero-order chi connectivity index (χ0) is 19.6. The van der Waals surface area contributed by atoms with Gasteiger partial charge >= 0.3 is 0 Å². The minimum absolute atomic E-state index is 0.765. The van der Waals surface area contributed by atoms with E-state index in [1.165, 1.54) is 33.0 Å². The number of fused-ring (bicyclic) bond motifs is 1. The molecule has 5 aromatic carbocycles. The highest BCUT2D eigenvalue weighted by Gasteiger charge is 2.15. The number of halogens is 1. The molecule has 0 bridgehead atoms. The third kappa shape index (κ3) is 3.33. The second-order valence-electron chi connectivity index (χ2n) is 7.14. The molecule has 138 valence electrons. The summed E-state index contributed by atoms with van der Waals surface area (Å²) < 4.78 is 0. The van der Waals surface area contributed by atoms with Gasteiger partial charge in [0.15, 0.2) is 0 Å². The van der Waals surface area contributed by atoms with Gasteiger partial charge in [-0.2, -0.15) is 0 Å². The van der Waals surface area contributed by atoms with E-state index >= 15 is 0 Å². The van der Waals surface area contributed by atoms with Crippen LogP contribution in [0.15, 0.2) is 115 Å². The predicted molar refractivity (Wildman–Crippen MR) is 125 cm³/mol. The van der Waals surface area contributed by atoms with E-state index in [1.54, 1.807) is 0 Å². The maximum atomic E-state index is 6.63. The van der Waals surface area contributed by atoms with E-state index in [9.17, 15) is 0 Å². The molecule has 5 rings (SSSR count). The number of rotatable bonds is 3. The third-order valence-electron chi connectivity index (χ3n) is 5.35. The fraction of sp³-hybridized carbons (Fsp3) is 0. The zero-order valence-corrected chi connectivity index (χ0v) is 16.6. The summed E-state index contributed by atoms with van der Waals surface area (Å²) >= 11 is 6.63. The van der Waals surface area contributed by atoms with Crippen LogP contribution in [0.3, 0.4) is 0 Å². The largest absolute Gasteiger partial charge is 0.0837 e. The van der Waals surface area contributed by atoms with Gasteiger partial charge in [-0.15, -0.1) is 0 Å². The lowest BCUT2D eigenvalue weighted by Crippen LogP contribution is -1.90. The van der Waals surface area contributed by atoms with Crippen LogP contribution in [0.4, 0.5) is 0 Å². The topological polar surface area (TPSA) is 0 Å². The first kappa shape index (κ1) is 17.7. The molecule has 0 aliphatic carbocycles. The molecule has 0 heterocycles. The lowest BCUT2D eigenvalue weighted by molar-refractivity contribution is 1.58. The van der Waals surface area contributed by atoms with Crippen LogP contribution in [0.25, 0.3) is 44.2 Å². The van der Waals surface area contributed by atoms with Gasteiger partial charge in [-0.25, -0.2) is 0 Å². The van der Waals surface area contributed by atoms with Crippen molar-refractivity contribution in [3.8, 4) is 33.4 Å². The maximum absolute atomic E-state index is 6.63. The van der Waals surface area contributed by atoms with Crippen LogP contribution in [0, 0.1) is 0 Å². The minimum atomic E-state index is 0.765. The maximum Gasteiger partial charge on any atom is 0.0484 e. The fourth-order valence-electron chi connectivity index (χ4n) is 3.95. The Morgan fingerprint density at radius 2 is 0.862 bits per heavy atom. The molecule has 0 spiro atoms. The van der Waals surface area contributed by atoms with Crippen LogP contribution >= 0.6 is 11.6 Å². The average molecular weight is 391 g/mol. The summed E-state index contributed by atoms with van der Waals surface area (Å²) in [7, 11) is 0. The molecule has 0 aliphatic heterocycles. The van der Waals surface area contributed by atoms with Crippen molar-refractivity contribution < 1.29 is 0 Å². The van der Waals surface area contributed by atoms with E-state index in [2.05, 4.69) is 97.1 Å². The third-order valence-corrected chi connectivity index (χ3v) is 5.68. The van der Waals surface area contributed by atoms with Gasteiger partial charge in [0.25, 0.3) is 0 Å². The molecule has 0 unspecified atom stereocenters. The Kier molecular flexibility index (Phi) is 4.63. The van der Waals surface area contributed by atoms with Gasteiger partial charge in [0.05, 0.1) is 0 Å². The molecule has 0 atom stereocenters. The standard InChI is InChI=1S/C28H19Cl/c29-28-17-9-8-16-25(28)27-19-22-13-5-4-12-21(22)18-26(27)24-15-7-6-14-23(24)20-10-2-1-3-11-20/h1-19H. The van der Waals surface area contributed by atoms with Crippen LogP contribution in [0.1, 0.15) is 0 Å². The van der Waals surface area contributed by atoms with Crippen molar-refractivity contribution >= 4 is 22.4 Å². The fourth-order valence-corrected chi connectivity index (χ4v) is 4.19. The molecule has 0 N–H and O–H groups in total. The van der Waals surface area contributed by atoms with Gasteiger partial charge in [0.2, 0.25) is 0 Å². The Labute approximate surface area is 176 Å². The summed E-state index contributed by atoms with van der Waals surface area (Å²) in [5.74, 6) is 0. The van der Waals surface area contributed by atoms with Crippen molar-refractivity contribution in [3.05, 3.63) is 120 Å². The molecule has 0 saturated heterocycles. The molecule has 5 aromatic rings. The second kappa shape index (κ2) is 7.58. The highest BCUT2D eigenvalue weighted by Crippen LogP contribution is 2.42. The first-order valence-electron chi connectivity index (χ1n) is 9.74. The Morgan fingerprint density at radius 1 is 0.379 bits per heavy atom. The van der Waals surface area contributed by atoms with Crippen molar-refractivity contribution in [3.63, 3.8) is 0 Å². The van der Waals surface area contributed by atoms with E-state index < -0.39 is 0 Å². The van der Waals surface area contributed by atoms with Crippen molar-refractivity contribution in [2.75, 3.05) is 0 Å². The quantitative estimate of drug-likeness (QED) is 0.289. The first-order chi connectivity index (χ1) is 14.3. The molecule has 0 amide bonds. The molecular formula is C28H19Cl. The number of benzene rings is 5. The Morgan fingerprint density at radius 3 is 1.52 bits per heavy atom. The molecule has 1 heteroatoms. The SMILES string of the molecule is Clc1ccccc1-c1cc2ccccc2cc1-c1ccccc1-c1ccccc1. The van der Waals surface area contributed by atoms with Crippen LogP contribution in [-0.2, 0) is 0 Å². The normalized spacial score (nSPS) is 10.9. The Balaban J connectivity index is 1.85. The first-order valence-corrected chi connectivity index (χ1v) is 10.1. The van der Waals surface area contributed by atoms with Crippen LogP contribution in [-0.4, -0.2) is 0 Å². The van der Waals surface area contributed by atoms with Crippen molar-refractivity contribution in [1.29, 1.82) is 0 Å². The van der Waals surface area contributed by atoms with E-state index in [0.717, 1.165) is 16.1 Å². The van der Waals surface area contributed by atoms with Crippen LogP contribution in [0.2, 0.25) is 5.02 Å². The number of hydrogen-bond acceptors (Lipinski definition) is 0. The molecule has 0 aromatic heterocycles. The molecule has 0 fully saturated rings. The smallest absolute Gasteiger partial charge is 0.0484 e. The van der Waals surface area contributed by atoms with Gasteiger partial charge in [-0.1, -0.05) is 109 Å². The Hall–Kier alpha value is -3.35. The monoisotopic (exact) mass is 390 g/mol. The van der Waals surface area contributed by atoms with Gasteiger partial charge in [0, 0.05) is 10.6 Å². The Bertz CT molecular complexity index is 1300. The second-order valence-corrected chi connectivity index (χ2v) is 7.54. The van der Waals surface area contributed by atoms with Gasteiger partial charge in [0.1, 0.15) is 0 Å². The van der Waals surface area contributed by atoms with E-state index in [0.29, 0.717) is 0 Å². The zero-order valence-electron chi connectivity index (χ0n) is 15.8. The summed E-state index contributed by atoms with van der Waals surface area (Å²) in [4.78, 5) is 0. The number of hydrogen-bond donors (Lipinski definition) is 0. The average Bonchev–Trinajstić information content (AvgIpc) is 2.79. The lowest BCUT2D eigenvalue weighted by atomic mass is 9.87. The summed E-state index contributed by atoms with van der Waals surface area (Å²) in [6, 6.07) is 40.3. The van der Waals surface area contributed by atoms with E-state index in [4.69, 9.17) is 11.6 Å². The summed E-state index contributed by atoms with van der Waals surface area (Å²) in [5, 5.41) is 3.20. The lowest BCUT2D eigenvalue weighted by Gasteiger charge is -2.17. The molecule has 29 heavy (non-hydrogen) atoms.